The topological polar surface area (TPSA) is 215 Å². The Morgan fingerprint density at radius 3 is 1.01 bits per heavy atom. The lowest BCUT2D eigenvalue weighted by atomic mass is 9.98. The fourth-order valence-electron chi connectivity index (χ4n) is 13.4. The molecule has 0 saturated heterocycles. The number of aryl methyl sites for hydroxylation is 9. The van der Waals surface area contributed by atoms with Gasteiger partial charge in [0, 0.05) is 105 Å². The van der Waals surface area contributed by atoms with E-state index < -0.39 is 29.8 Å². The van der Waals surface area contributed by atoms with Gasteiger partial charge in [0.15, 0.2) is 13.1 Å². The Labute approximate surface area is 601 Å². The Bertz CT molecular complexity index is 5110. The van der Waals surface area contributed by atoms with Crippen LogP contribution in [-0.2, 0) is 70.4 Å². The maximum absolute atomic E-state index is 10.9. The molecule has 0 amide bonds. The Hall–Kier alpha value is -12.1. The van der Waals surface area contributed by atoms with Crippen molar-refractivity contribution >= 4 is 139 Å². The highest BCUT2D eigenvalue weighted by atomic mass is 16.4. The monoisotopic (exact) mass is 1380 g/mol. The summed E-state index contributed by atoms with van der Waals surface area (Å²) in [6, 6.07) is 81.3. The summed E-state index contributed by atoms with van der Waals surface area (Å²) in [7, 11) is 4.12. The van der Waals surface area contributed by atoms with Crippen LogP contribution in [0.2, 0.25) is 0 Å². The molecule has 5 heterocycles. The number of carbonyl (C=O) groups is 5. The number of benzene rings is 10. The van der Waals surface area contributed by atoms with Crippen molar-refractivity contribution in [3.63, 3.8) is 0 Å². The van der Waals surface area contributed by atoms with Crippen molar-refractivity contribution in [1.29, 1.82) is 0 Å². The van der Waals surface area contributed by atoms with Crippen molar-refractivity contribution in [2.75, 3.05) is 0 Å². The number of fused-ring (bicyclic) bond motifs is 10. The number of nitrogens with zero attached hydrogens (tertiary/aromatic N) is 5. The van der Waals surface area contributed by atoms with Crippen LogP contribution in [0.3, 0.4) is 0 Å². The van der Waals surface area contributed by atoms with Gasteiger partial charge in [-0.2, -0.15) is 18.3 Å². The van der Waals surface area contributed by atoms with Crippen LogP contribution in [0.4, 0.5) is 0 Å². The first-order valence-corrected chi connectivity index (χ1v) is 33.0. The molecule has 15 rings (SSSR count). The van der Waals surface area contributed by atoms with E-state index in [1.54, 1.807) is 0 Å². The first-order valence-electron chi connectivity index (χ1n) is 33.0. The summed E-state index contributed by atoms with van der Waals surface area (Å²) in [5.41, 5.74) is 16.6. The lowest BCUT2D eigenvalue weighted by Gasteiger charge is -2.09. The number of hydrogen-bond donors (Lipinski definition) is 5. The summed E-state index contributed by atoms with van der Waals surface area (Å²) < 4.78 is 8.54. The molecule has 15 nitrogen and oxygen atoms in total. The normalized spacial score (nSPS) is 10.6. The van der Waals surface area contributed by atoms with E-state index in [-0.39, 0.29) is 61.8 Å². The Morgan fingerprint density at radius 2 is 0.592 bits per heavy atom. The van der Waals surface area contributed by atoms with Crippen molar-refractivity contribution in [2.45, 2.75) is 78.3 Å². The third-order valence-electron chi connectivity index (χ3n) is 18.2. The van der Waals surface area contributed by atoms with Gasteiger partial charge in [0.1, 0.15) is 26.9 Å². The van der Waals surface area contributed by atoms with Gasteiger partial charge < -0.3 is 55.2 Å². The Kier molecular flexibility index (Phi) is 27.2. The Balaban J connectivity index is 0.000000179. The number of pyridine rings is 5. The van der Waals surface area contributed by atoms with Crippen LogP contribution < -0.4 is 18.3 Å². The highest BCUT2D eigenvalue weighted by molar-refractivity contribution is 5.99. The molecule has 0 unspecified atom stereocenters. The van der Waals surface area contributed by atoms with Gasteiger partial charge in [-0.05, 0) is 128 Å². The molecular formula is C88H89N5O10. The number of para-hydroxylation sites is 9. The van der Waals surface area contributed by atoms with E-state index in [9.17, 15) is 24.0 Å². The first kappa shape index (κ1) is 78.2. The average molecular weight is 1380 g/mol. The zero-order valence-electron chi connectivity index (χ0n) is 59.7. The van der Waals surface area contributed by atoms with Gasteiger partial charge in [-0.1, -0.05) is 127 Å². The summed E-state index contributed by atoms with van der Waals surface area (Å²) in [5, 5.41) is 56.0. The van der Waals surface area contributed by atoms with Crippen molar-refractivity contribution < 1.29 is 67.8 Å². The maximum atomic E-state index is 10.9. The van der Waals surface area contributed by atoms with Crippen molar-refractivity contribution in [2.24, 2.45) is 14.1 Å². The molecule has 0 spiro atoms. The molecule has 10 aromatic carbocycles. The van der Waals surface area contributed by atoms with Crippen LogP contribution in [0.5, 0.6) is 0 Å². The number of rotatable bonds is 15. The smallest absolute Gasteiger partial charge is 0.309 e. The first-order chi connectivity index (χ1) is 47.9. The van der Waals surface area contributed by atoms with Gasteiger partial charge in [0.05, 0.1) is 27.2 Å². The van der Waals surface area contributed by atoms with E-state index in [4.69, 9.17) is 25.5 Å². The quantitative estimate of drug-likeness (QED) is 0.0370. The van der Waals surface area contributed by atoms with Crippen LogP contribution in [0, 0.1) is 43.6 Å². The number of aromatic nitrogens is 5. The van der Waals surface area contributed by atoms with Crippen molar-refractivity contribution in [3.05, 3.63) is 300 Å². The molecule has 0 aliphatic heterocycles. The van der Waals surface area contributed by atoms with Crippen LogP contribution >= 0.6 is 0 Å². The fourth-order valence-corrected chi connectivity index (χ4v) is 13.4. The van der Waals surface area contributed by atoms with E-state index in [1.807, 2.05) is 147 Å². The third kappa shape index (κ3) is 17.9. The van der Waals surface area contributed by atoms with E-state index in [0.717, 1.165) is 93.1 Å². The second-order valence-electron chi connectivity index (χ2n) is 24.4. The summed E-state index contributed by atoms with van der Waals surface area (Å²) in [6.45, 7) is 5.21. The molecule has 526 valence electrons. The number of carboxylic acid groups (broad SMARTS) is 5. The van der Waals surface area contributed by atoms with Gasteiger partial charge >= 0.3 is 29.8 Å². The minimum absolute atomic E-state index is 0. The summed E-state index contributed by atoms with van der Waals surface area (Å²) >= 11 is 0. The summed E-state index contributed by atoms with van der Waals surface area (Å²) in [6.07, 6.45) is 2.37. The highest BCUT2D eigenvalue weighted by Crippen LogP contribution is 2.30. The predicted octanol–water partition coefficient (Wildman–Crippen LogP) is 17.0. The predicted molar refractivity (Wildman–Crippen MR) is 415 cm³/mol. The molecule has 0 fully saturated rings. The molecule has 15 heteroatoms. The summed E-state index contributed by atoms with van der Waals surface area (Å²) in [4.78, 5) is 58.8. The van der Waals surface area contributed by atoms with E-state index in [2.05, 4.69) is 147 Å². The van der Waals surface area contributed by atoms with Crippen LogP contribution in [0.25, 0.3) is 109 Å². The maximum Gasteiger partial charge on any atom is 0.309 e. The standard InChI is InChI=1S/C18H17NO2.2C17H15NO2.2C16H13NO2.4CH3/c1-12-14-5-3-4-6-16(14)19(2)17-9-7-13(11-15(12)17)8-10-18(20)21;1-18-15-8-4-2-6-13(15)12(10-11-17(19)20)14-7-3-5-9-16(14)18;1-12-13-6-2-4-8-15(13)18(11-10-17(19)20)16-9-5-3-7-14(12)16;18-16(19)9-10-17-14-7-3-1-5-12(14)11-13-6-2-4-8-15(13)17;18-16(19)10-9-11-12-5-1-3-7-14(12)17-15-8-4-2-6-13(11)15;;;;/h3-7,9,11H,8,10H2,1-2H3;2*2-9H,10-11H2,1H3;1-8,11H,9-10H2;1-8H,9-10H2,(H,18,19);4*1H3/q;;;;;4*-1/p+4. The van der Waals surface area contributed by atoms with E-state index in [1.165, 1.54) is 43.7 Å². The molecule has 0 saturated carbocycles. The zero-order valence-corrected chi connectivity index (χ0v) is 59.7. The zero-order chi connectivity index (χ0) is 69.7. The highest BCUT2D eigenvalue weighted by Gasteiger charge is 2.22. The van der Waals surface area contributed by atoms with Gasteiger partial charge in [-0.25, -0.2) is 4.98 Å². The molecule has 5 aromatic heterocycles. The van der Waals surface area contributed by atoms with Gasteiger partial charge in [0.2, 0.25) is 44.1 Å². The molecule has 15 aromatic rings. The molecule has 0 aliphatic carbocycles. The second kappa shape index (κ2) is 35.8. The minimum atomic E-state index is -0.774. The van der Waals surface area contributed by atoms with Crippen molar-refractivity contribution in [3.8, 4) is 0 Å². The minimum Gasteiger partial charge on any atom is -0.481 e. The molecule has 103 heavy (non-hydrogen) atoms. The van der Waals surface area contributed by atoms with Gasteiger partial charge in [-0.3, -0.25) is 24.0 Å². The molecule has 5 N–H and O–H groups in total. The van der Waals surface area contributed by atoms with Crippen LogP contribution in [-0.4, -0.2) is 60.4 Å². The number of aliphatic carboxylic acids is 5. The van der Waals surface area contributed by atoms with Crippen molar-refractivity contribution in [1.82, 2.24) is 4.98 Å². The third-order valence-corrected chi connectivity index (χ3v) is 18.2. The van der Waals surface area contributed by atoms with E-state index >= 15 is 0 Å². The number of carboxylic acids is 5. The average Bonchev–Trinajstić information content (AvgIpc) is 0.781. The second-order valence-corrected chi connectivity index (χ2v) is 24.4. The lowest BCUT2D eigenvalue weighted by Crippen LogP contribution is -2.37. The molecule has 0 atom stereocenters. The fraction of sp³-hybridized carbons (Fsp3) is 0.159. The van der Waals surface area contributed by atoms with Gasteiger partial charge in [-0.15, -0.1) is 0 Å². The molecular weight excluding hydrogens is 1290 g/mol. The van der Waals surface area contributed by atoms with Gasteiger partial charge in [0.25, 0.3) is 0 Å². The molecule has 0 aliphatic rings. The van der Waals surface area contributed by atoms with E-state index in [0.29, 0.717) is 32.4 Å². The SMILES string of the molecule is C[n+]1c2ccccc2c(CCC(=O)O)c2ccccc21.Cc1c2ccccc2[n+](C)c2ccc(CCC(=O)O)cc12.Cc1c2ccccc2[n+](CCC(=O)O)c2ccccc12.O=C(O)CC[n+]1c2ccccc2cc2ccccc21.O=C(O)CCc1c2ccccc2nc2ccccc12.[CH3-].[CH3-].[CH3-].[CH3-]. The molecule has 0 bridgehead atoms. The molecule has 0 radical (unpaired) electrons. The van der Waals surface area contributed by atoms with Crippen LogP contribution in [0.1, 0.15) is 59.9 Å². The Morgan fingerprint density at radius 1 is 0.301 bits per heavy atom. The van der Waals surface area contributed by atoms with Crippen LogP contribution in [0.15, 0.2) is 243 Å². The largest absolute Gasteiger partial charge is 0.481 e. The summed E-state index contributed by atoms with van der Waals surface area (Å²) in [5.74, 6) is -3.83. The lowest BCUT2D eigenvalue weighted by molar-refractivity contribution is -0.644. The number of hydrogen-bond acceptors (Lipinski definition) is 6.